The minimum absolute atomic E-state index is 0.0223. The molecule has 1 rings (SSSR count). The normalized spacial score (nSPS) is 15.5. The minimum Gasteiger partial charge on any atom is -0.325 e. The van der Waals surface area contributed by atoms with E-state index in [-0.39, 0.29) is 11.6 Å². The molecular weight excluding hydrogens is 241 g/mol. The van der Waals surface area contributed by atoms with E-state index < -0.39 is 15.4 Å². The van der Waals surface area contributed by atoms with Gasteiger partial charge in [0, 0.05) is 11.8 Å². The number of halogens is 1. The van der Waals surface area contributed by atoms with Crippen molar-refractivity contribution in [2.75, 3.05) is 12.0 Å². The van der Waals surface area contributed by atoms with E-state index in [1.54, 1.807) is 25.1 Å². The molecule has 0 fully saturated rings. The zero-order chi connectivity index (χ0) is 13.1. The SMILES string of the molecule is CC(N)(CCS(C)(=O)=O)Cc1ccccc1F. The van der Waals surface area contributed by atoms with E-state index in [0.29, 0.717) is 18.4 Å². The third kappa shape index (κ3) is 5.28. The van der Waals surface area contributed by atoms with E-state index in [4.69, 9.17) is 5.73 Å². The van der Waals surface area contributed by atoms with Gasteiger partial charge in [-0.05, 0) is 31.4 Å². The van der Waals surface area contributed by atoms with Crippen molar-refractivity contribution in [3.63, 3.8) is 0 Å². The second-order valence-electron chi connectivity index (χ2n) is 4.80. The summed E-state index contributed by atoms with van der Waals surface area (Å²) in [5, 5.41) is 0. The van der Waals surface area contributed by atoms with E-state index in [1.165, 1.54) is 12.3 Å². The van der Waals surface area contributed by atoms with Gasteiger partial charge >= 0.3 is 0 Å². The molecule has 1 aromatic carbocycles. The Morgan fingerprint density at radius 2 is 1.94 bits per heavy atom. The lowest BCUT2D eigenvalue weighted by molar-refractivity contribution is 0.438. The summed E-state index contributed by atoms with van der Waals surface area (Å²) in [4.78, 5) is 0. The van der Waals surface area contributed by atoms with Crippen LogP contribution >= 0.6 is 0 Å². The molecule has 0 radical (unpaired) electrons. The molecule has 0 bridgehead atoms. The van der Waals surface area contributed by atoms with E-state index in [0.717, 1.165) is 0 Å². The Balaban J connectivity index is 2.70. The largest absolute Gasteiger partial charge is 0.325 e. The lowest BCUT2D eigenvalue weighted by Crippen LogP contribution is -2.40. The van der Waals surface area contributed by atoms with Gasteiger partial charge in [-0.1, -0.05) is 18.2 Å². The molecule has 0 saturated heterocycles. The lowest BCUT2D eigenvalue weighted by atomic mass is 9.91. The molecule has 0 aliphatic carbocycles. The summed E-state index contributed by atoms with van der Waals surface area (Å²) in [5.74, 6) is -0.280. The molecule has 17 heavy (non-hydrogen) atoms. The predicted molar refractivity (Wildman–Crippen MR) is 67.0 cm³/mol. The van der Waals surface area contributed by atoms with Crippen molar-refractivity contribution in [2.45, 2.75) is 25.3 Å². The van der Waals surface area contributed by atoms with Gasteiger partial charge in [0.25, 0.3) is 0 Å². The van der Waals surface area contributed by atoms with Crippen molar-refractivity contribution in [3.05, 3.63) is 35.6 Å². The fourth-order valence-electron chi connectivity index (χ4n) is 1.58. The maximum atomic E-state index is 13.4. The summed E-state index contributed by atoms with van der Waals surface area (Å²) in [7, 11) is -3.03. The van der Waals surface area contributed by atoms with Gasteiger partial charge in [0.1, 0.15) is 15.7 Å². The summed E-state index contributed by atoms with van der Waals surface area (Å²) in [6.07, 6.45) is 1.82. The zero-order valence-corrected chi connectivity index (χ0v) is 10.9. The average Bonchev–Trinajstić information content (AvgIpc) is 2.18. The molecule has 96 valence electrons. The first kappa shape index (κ1) is 14.1. The number of hydrogen-bond acceptors (Lipinski definition) is 3. The Morgan fingerprint density at radius 3 is 2.47 bits per heavy atom. The molecule has 0 aliphatic rings. The Bertz CT molecular complexity index is 483. The maximum absolute atomic E-state index is 13.4. The van der Waals surface area contributed by atoms with Gasteiger partial charge in [-0.15, -0.1) is 0 Å². The van der Waals surface area contributed by atoms with Crippen LogP contribution in [0.1, 0.15) is 18.9 Å². The highest BCUT2D eigenvalue weighted by atomic mass is 32.2. The van der Waals surface area contributed by atoms with Crippen molar-refractivity contribution in [3.8, 4) is 0 Å². The fraction of sp³-hybridized carbons (Fsp3) is 0.500. The third-order valence-corrected chi connectivity index (χ3v) is 3.54. The number of benzene rings is 1. The van der Waals surface area contributed by atoms with Crippen LogP contribution in [0.3, 0.4) is 0 Å². The summed E-state index contributed by atoms with van der Waals surface area (Å²) in [6, 6.07) is 6.40. The number of sulfone groups is 1. The predicted octanol–water partition coefficient (Wildman–Crippen LogP) is 1.52. The summed E-state index contributed by atoms with van der Waals surface area (Å²) in [6.45, 7) is 1.74. The van der Waals surface area contributed by atoms with Crippen LogP contribution < -0.4 is 5.73 Å². The molecule has 3 nitrogen and oxygen atoms in total. The highest BCUT2D eigenvalue weighted by molar-refractivity contribution is 7.90. The second kappa shape index (κ2) is 5.14. The average molecular weight is 259 g/mol. The van der Waals surface area contributed by atoms with Gasteiger partial charge in [-0.3, -0.25) is 0 Å². The first-order chi connectivity index (χ1) is 7.70. The highest BCUT2D eigenvalue weighted by Gasteiger charge is 2.22. The summed E-state index contributed by atoms with van der Waals surface area (Å²) < 4.78 is 35.6. The highest BCUT2D eigenvalue weighted by Crippen LogP contribution is 2.17. The zero-order valence-electron chi connectivity index (χ0n) is 10.1. The van der Waals surface area contributed by atoms with Crippen LogP contribution in [-0.4, -0.2) is 26.0 Å². The quantitative estimate of drug-likeness (QED) is 0.872. The lowest BCUT2D eigenvalue weighted by Gasteiger charge is -2.24. The molecule has 0 amide bonds. The Morgan fingerprint density at radius 1 is 1.35 bits per heavy atom. The van der Waals surface area contributed by atoms with Crippen molar-refractivity contribution in [1.29, 1.82) is 0 Å². The standard InChI is InChI=1S/C12H18FNO2S/c1-12(14,7-8-17(2,15)16)9-10-5-3-4-6-11(10)13/h3-6H,7-9,14H2,1-2H3. The Kier molecular flexibility index (Phi) is 4.27. The van der Waals surface area contributed by atoms with Crippen LogP contribution in [0.15, 0.2) is 24.3 Å². The smallest absolute Gasteiger partial charge is 0.147 e. The molecule has 0 spiro atoms. The van der Waals surface area contributed by atoms with Crippen LogP contribution in [0.2, 0.25) is 0 Å². The topological polar surface area (TPSA) is 60.2 Å². The van der Waals surface area contributed by atoms with Gasteiger partial charge in [0.15, 0.2) is 0 Å². The van der Waals surface area contributed by atoms with Gasteiger partial charge in [0.2, 0.25) is 0 Å². The monoisotopic (exact) mass is 259 g/mol. The van der Waals surface area contributed by atoms with Gasteiger partial charge in [-0.2, -0.15) is 0 Å². The molecule has 2 N–H and O–H groups in total. The second-order valence-corrected chi connectivity index (χ2v) is 7.06. The summed E-state index contributed by atoms with van der Waals surface area (Å²) in [5.41, 5.74) is 5.80. The van der Waals surface area contributed by atoms with Crippen LogP contribution in [0, 0.1) is 5.82 Å². The molecule has 1 aromatic rings. The van der Waals surface area contributed by atoms with Crippen LogP contribution in [-0.2, 0) is 16.3 Å². The third-order valence-electron chi connectivity index (χ3n) is 2.60. The van der Waals surface area contributed by atoms with Crippen molar-refractivity contribution in [2.24, 2.45) is 5.73 Å². The minimum atomic E-state index is -3.03. The van der Waals surface area contributed by atoms with E-state index in [1.807, 2.05) is 0 Å². The number of nitrogens with two attached hydrogens (primary N) is 1. The molecular formula is C12H18FNO2S. The molecule has 0 saturated carbocycles. The van der Waals surface area contributed by atoms with E-state index in [9.17, 15) is 12.8 Å². The van der Waals surface area contributed by atoms with Crippen LogP contribution in [0.4, 0.5) is 4.39 Å². The van der Waals surface area contributed by atoms with E-state index in [2.05, 4.69) is 0 Å². The molecule has 1 atom stereocenters. The first-order valence-electron chi connectivity index (χ1n) is 5.40. The van der Waals surface area contributed by atoms with Crippen molar-refractivity contribution < 1.29 is 12.8 Å². The molecule has 0 aromatic heterocycles. The molecule has 0 aliphatic heterocycles. The van der Waals surface area contributed by atoms with Crippen LogP contribution in [0.5, 0.6) is 0 Å². The molecule has 5 heteroatoms. The first-order valence-corrected chi connectivity index (χ1v) is 7.46. The van der Waals surface area contributed by atoms with Gasteiger partial charge in [0.05, 0.1) is 5.75 Å². The Hall–Kier alpha value is -0.940. The van der Waals surface area contributed by atoms with Gasteiger partial charge < -0.3 is 5.73 Å². The van der Waals surface area contributed by atoms with Crippen LogP contribution in [0.25, 0.3) is 0 Å². The maximum Gasteiger partial charge on any atom is 0.147 e. The summed E-state index contributed by atoms with van der Waals surface area (Å²) >= 11 is 0. The number of rotatable bonds is 5. The molecule has 1 unspecified atom stereocenters. The molecule has 0 heterocycles. The number of hydrogen-bond donors (Lipinski definition) is 1. The Labute approximate surface area is 102 Å². The fourth-order valence-corrected chi connectivity index (χ4v) is 2.42. The van der Waals surface area contributed by atoms with E-state index >= 15 is 0 Å². The van der Waals surface area contributed by atoms with Gasteiger partial charge in [-0.25, -0.2) is 12.8 Å². The van der Waals surface area contributed by atoms with Crippen molar-refractivity contribution in [1.82, 2.24) is 0 Å². The van der Waals surface area contributed by atoms with Crippen molar-refractivity contribution >= 4 is 9.84 Å².